The molecule has 1 aromatic rings. The van der Waals surface area contributed by atoms with Gasteiger partial charge in [-0.25, -0.2) is 13.2 Å². The molecule has 170 valence electrons. The molecule has 0 aliphatic carbocycles. The number of urea groups is 1. The number of hydrogen-bond donors (Lipinski definition) is 2. The standard InChI is InChI=1S/C21H25N5O5S/c22-11-14-2-6-17(7-3-14)32(30,31)9-1-8-26-15-4-5-16(26)13-25(12-15)19(27)10-18-20(28)24-21(29)23-18/h2-3,6-7,15-16,18H,1,4-5,8-10,12-13H2,(H2,23,24,28,29). The van der Waals surface area contributed by atoms with Crippen molar-refractivity contribution in [1.29, 1.82) is 5.26 Å². The molecule has 0 saturated carbocycles. The van der Waals surface area contributed by atoms with Crippen LogP contribution in [0.4, 0.5) is 4.79 Å². The molecule has 3 aliphatic rings. The van der Waals surface area contributed by atoms with Gasteiger partial charge in [-0.2, -0.15) is 5.26 Å². The van der Waals surface area contributed by atoms with Gasteiger partial charge < -0.3 is 10.2 Å². The van der Waals surface area contributed by atoms with Gasteiger partial charge in [0.25, 0.3) is 5.91 Å². The number of nitriles is 1. The molecule has 3 fully saturated rings. The minimum atomic E-state index is -3.42. The number of rotatable bonds is 7. The van der Waals surface area contributed by atoms with Crippen molar-refractivity contribution in [3.63, 3.8) is 0 Å². The van der Waals surface area contributed by atoms with Crippen molar-refractivity contribution in [3.8, 4) is 6.07 Å². The highest BCUT2D eigenvalue weighted by Crippen LogP contribution is 2.31. The smallest absolute Gasteiger partial charge is 0.322 e. The number of hydrogen-bond acceptors (Lipinski definition) is 7. The zero-order valence-electron chi connectivity index (χ0n) is 17.5. The van der Waals surface area contributed by atoms with Crippen molar-refractivity contribution in [2.24, 2.45) is 0 Å². The zero-order valence-corrected chi connectivity index (χ0v) is 18.3. The number of amides is 4. The van der Waals surface area contributed by atoms with Crippen LogP contribution in [0.5, 0.6) is 0 Å². The van der Waals surface area contributed by atoms with Crippen molar-refractivity contribution in [3.05, 3.63) is 29.8 Å². The molecule has 3 atom stereocenters. The second-order valence-electron chi connectivity index (χ2n) is 8.45. The number of sulfone groups is 1. The van der Waals surface area contributed by atoms with Crippen molar-refractivity contribution in [2.75, 3.05) is 25.4 Å². The third-order valence-corrected chi connectivity index (χ3v) is 8.21. The fourth-order valence-electron chi connectivity index (χ4n) is 4.76. The van der Waals surface area contributed by atoms with Gasteiger partial charge in [0.05, 0.1) is 28.7 Å². The minimum absolute atomic E-state index is 0.0218. The van der Waals surface area contributed by atoms with Crippen LogP contribution in [0.25, 0.3) is 0 Å². The molecule has 3 aliphatic heterocycles. The second-order valence-corrected chi connectivity index (χ2v) is 10.6. The normalized spacial score (nSPS) is 25.3. The lowest BCUT2D eigenvalue weighted by Gasteiger charge is -2.41. The van der Waals surface area contributed by atoms with Crippen molar-refractivity contribution >= 4 is 27.7 Å². The van der Waals surface area contributed by atoms with Gasteiger partial charge in [-0.3, -0.25) is 19.8 Å². The lowest BCUT2D eigenvalue weighted by Crippen LogP contribution is -2.56. The number of nitrogens with one attached hydrogen (secondary N) is 2. The molecular weight excluding hydrogens is 434 g/mol. The van der Waals surface area contributed by atoms with Crippen LogP contribution in [-0.2, 0) is 19.4 Å². The van der Waals surface area contributed by atoms with Crippen LogP contribution in [0.3, 0.4) is 0 Å². The zero-order chi connectivity index (χ0) is 22.9. The van der Waals surface area contributed by atoms with Gasteiger partial charge >= 0.3 is 6.03 Å². The SMILES string of the molecule is N#Cc1ccc(S(=O)(=O)CCCN2C3CCC2CN(C(=O)CC2NC(=O)NC2=O)C3)cc1. The third-order valence-electron chi connectivity index (χ3n) is 6.40. The van der Waals surface area contributed by atoms with E-state index in [9.17, 15) is 22.8 Å². The second kappa shape index (κ2) is 8.88. The number of piperazine rings is 1. The van der Waals surface area contributed by atoms with E-state index in [1.807, 2.05) is 6.07 Å². The molecule has 4 amide bonds. The Labute approximate surface area is 186 Å². The highest BCUT2D eigenvalue weighted by molar-refractivity contribution is 7.91. The van der Waals surface area contributed by atoms with Gasteiger partial charge in [-0.1, -0.05) is 0 Å². The van der Waals surface area contributed by atoms with Crippen LogP contribution in [-0.4, -0.2) is 79.6 Å². The van der Waals surface area contributed by atoms with Gasteiger partial charge in [-0.05, 0) is 50.1 Å². The number of imide groups is 1. The van der Waals surface area contributed by atoms with Crippen LogP contribution in [0.1, 0.15) is 31.2 Å². The summed E-state index contributed by atoms with van der Waals surface area (Å²) in [5, 5.41) is 13.4. The molecule has 4 rings (SSSR count). The number of fused-ring (bicyclic) bond motifs is 2. The molecule has 2 N–H and O–H groups in total. The molecule has 10 nitrogen and oxygen atoms in total. The minimum Gasteiger partial charge on any atom is -0.339 e. The topological polar surface area (TPSA) is 140 Å². The summed E-state index contributed by atoms with van der Waals surface area (Å²) in [5.41, 5.74) is 0.420. The van der Waals surface area contributed by atoms with E-state index in [4.69, 9.17) is 5.26 Å². The molecule has 0 radical (unpaired) electrons. The monoisotopic (exact) mass is 459 g/mol. The number of carbonyl (C=O) groups excluding carboxylic acids is 3. The first-order valence-electron chi connectivity index (χ1n) is 10.6. The Hall–Kier alpha value is -2.97. The van der Waals surface area contributed by atoms with Crippen LogP contribution in [0.2, 0.25) is 0 Å². The van der Waals surface area contributed by atoms with E-state index in [1.165, 1.54) is 24.3 Å². The quantitative estimate of drug-likeness (QED) is 0.547. The predicted octanol–water partition coefficient (Wildman–Crippen LogP) is -0.00462. The first-order chi connectivity index (χ1) is 15.3. The molecule has 1 aromatic carbocycles. The summed E-state index contributed by atoms with van der Waals surface area (Å²) in [6.07, 6.45) is 2.31. The van der Waals surface area contributed by atoms with Gasteiger partial charge in [0.15, 0.2) is 9.84 Å². The third kappa shape index (κ3) is 4.61. The van der Waals surface area contributed by atoms with Gasteiger partial charge in [0, 0.05) is 25.2 Å². The number of benzene rings is 1. The van der Waals surface area contributed by atoms with E-state index in [0.29, 0.717) is 31.6 Å². The Balaban J connectivity index is 1.28. The average molecular weight is 460 g/mol. The van der Waals surface area contributed by atoms with Crippen LogP contribution in [0.15, 0.2) is 29.2 Å². The van der Waals surface area contributed by atoms with Gasteiger partial charge in [-0.15, -0.1) is 0 Å². The fraction of sp³-hybridized carbons (Fsp3) is 0.524. The van der Waals surface area contributed by atoms with E-state index in [2.05, 4.69) is 15.5 Å². The molecule has 2 bridgehead atoms. The van der Waals surface area contributed by atoms with Crippen LogP contribution < -0.4 is 10.6 Å². The van der Waals surface area contributed by atoms with Gasteiger partial charge in [0.1, 0.15) is 6.04 Å². The Morgan fingerprint density at radius 2 is 1.78 bits per heavy atom. The Bertz CT molecular complexity index is 1050. The summed E-state index contributed by atoms with van der Waals surface area (Å²) in [6, 6.07) is 6.86. The summed E-state index contributed by atoms with van der Waals surface area (Å²) in [7, 11) is -3.42. The van der Waals surface area contributed by atoms with Crippen molar-refractivity contribution in [2.45, 2.75) is 48.7 Å². The largest absolute Gasteiger partial charge is 0.339 e. The summed E-state index contributed by atoms with van der Waals surface area (Å²) in [5.74, 6) is -0.616. The van der Waals surface area contributed by atoms with Crippen molar-refractivity contribution < 1.29 is 22.8 Å². The number of carbonyl (C=O) groups is 3. The Morgan fingerprint density at radius 3 is 2.34 bits per heavy atom. The van der Waals surface area contributed by atoms with Crippen LogP contribution >= 0.6 is 0 Å². The molecular formula is C21H25N5O5S. The van der Waals surface area contributed by atoms with E-state index < -0.39 is 27.8 Å². The maximum absolute atomic E-state index is 12.7. The summed E-state index contributed by atoms with van der Waals surface area (Å²) >= 11 is 0. The summed E-state index contributed by atoms with van der Waals surface area (Å²) < 4.78 is 25.2. The Kier molecular flexibility index (Phi) is 6.17. The highest BCUT2D eigenvalue weighted by Gasteiger charge is 2.42. The molecule has 0 aromatic heterocycles. The van der Waals surface area contributed by atoms with Crippen LogP contribution in [0, 0.1) is 11.3 Å². The number of nitrogens with zero attached hydrogens (tertiary/aromatic N) is 3. The molecule has 3 saturated heterocycles. The lowest BCUT2D eigenvalue weighted by atomic mass is 10.1. The molecule has 32 heavy (non-hydrogen) atoms. The molecule has 3 heterocycles. The van der Waals surface area contributed by atoms with E-state index >= 15 is 0 Å². The molecule has 0 spiro atoms. The molecule has 11 heteroatoms. The summed E-state index contributed by atoms with van der Waals surface area (Å²) in [6.45, 7) is 1.72. The van der Waals surface area contributed by atoms with E-state index in [1.54, 1.807) is 4.90 Å². The Morgan fingerprint density at radius 1 is 1.12 bits per heavy atom. The summed E-state index contributed by atoms with van der Waals surface area (Å²) in [4.78, 5) is 39.9. The highest BCUT2D eigenvalue weighted by atomic mass is 32.2. The first-order valence-corrected chi connectivity index (χ1v) is 12.3. The fourth-order valence-corrected chi connectivity index (χ4v) is 6.05. The number of likely N-dealkylation sites (tertiary alicyclic amines) is 1. The van der Waals surface area contributed by atoms with Crippen molar-refractivity contribution in [1.82, 2.24) is 20.4 Å². The predicted molar refractivity (Wildman–Crippen MR) is 113 cm³/mol. The van der Waals surface area contributed by atoms with E-state index in [0.717, 1.165) is 12.8 Å². The maximum Gasteiger partial charge on any atom is 0.322 e. The average Bonchev–Trinajstić information content (AvgIpc) is 3.19. The molecule has 3 unspecified atom stereocenters. The lowest BCUT2D eigenvalue weighted by molar-refractivity contribution is -0.136. The van der Waals surface area contributed by atoms with Gasteiger partial charge in [0.2, 0.25) is 5.91 Å². The first kappa shape index (κ1) is 22.2. The maximum atomic E-state index is 12.7. The van der Waals surface area contributed by atoms with E-state index in [-0.39, 0.29) is 35.1 Å².